The van der Waals surface area contributed by atoms with Crippen LogP contribution in [0.2, 0.25) is 0 Å². The van der Waals surface area contributed by atoms with Crippen molar-refractivity contribution in [1.82, 2.24) is 0 Å². The molecule has 3 nitrogen and oxygen atoms in total. The molecule has 0 aliphatic heterocycles. The topological polar surface area (TPSA) is 44.5 Å². The van der Waals surface area contributed by atoms with Crippen molar-refractivity contribution in [2.24, 2.45) is 5.73 Å². The number of rotatable bonds is 5. The number of benzene rings is 1. The molecule has 1 aromatic rings. The Balaban J connectivity index is 3.11. The van der Waals surface area contributed by atoms with Gasteiger partial charge in [0.1, 0.15) is 11.5 Å². The molecule has 0 heterocycles. The van der Waals surface area contributed by atoms with Crippen LogP contribution in [-0.4, -0.2) is 20.8 Å². The minimum Gasteiger partial charge on any atom is -0.496 e. The zero-order valence-corrected chi connectivity index (χ0v) is 10.5. The lowest BCUT2D eigenvalue weighted by atomic mass is 9.96. The van der Waals surface area contributed by atoms with Crippen molar-refractivity contribution in [3.8, 4) is 11.5 Å². The normalized spacial score (nSPS) is 12.3. The first-order chi connectivity index (χ1) is 7.63. The quantitative estimate of drug-likeness (QED) is 0.834. The van der Waals surface area contributed by atoms with Gasteiger partial charge in [-0.15, -0.1) is 0 Å². The third kappa shape index (κ3) is 2.67. The van der Waals surface area contributed by atoms with E-state index in [1.54, 1.807) is 14.2 Å². The number of ether oxygens (including phenoxy) is 2. The summed E-state index contributed by atoms with van der Waals surface area (Å²) in [5, 5.41) is 0. The zero-order valence-electron chi connectivity index (χ0n) is 10.5. The van der Waals surface area contributed by atoms with E-state index in [1.165, 1.54) is 5.56 Å². The lowest BCUT2D eigenvalue weighted by molar-refractivity contribution is 0.387. The molecule has 0 aromatic heterocycles. The highest BCUT2D eigenvalue weighted by Gasteiger charge is 2.12. The van der Waals surface area contributed by atoms with E-state index in [1.807, 2.05) is 6.92 Å². The Morgan fingerprint density at radius 1 is 1.19 bits per heavy atom. The molecule has 0 radical (unpaired) electrons. The Bertz CT molecular complexity index is 325. The summed E-state index contributed by atoms with van der Waals surface area (Å²) in [6.07, 6.45) is 0.968. The monoisotopic (exact) mass is 223 g/mol. The van der Waals surface area contributed by atoms with Gasteiger partial charge in [0.25, 0.3) is 0 Å². The van der Waals surface area contributed by atoms with Crippen LogP contribution in [0.5, 0.6) is 11.5 Å². The molecule has 1 aromatic carbocycles. The zero-order chi connectivity index (χ0) is 12.1. The van der Waals surface area contributed by atoms with E-state index < -0.39 is 0 Å². The van der Waals surface area contributed by atoms with E-state index in [2.05, 4.69) is 19.1 Å². The smallest absolute Gasteiger partial charge is 0.125 e. The van der Waals surface area contributed by atoms with Crippen LogP contribution in [0.25, 0.3) is 0 Å². The molecule has 1 atom stereocenters. The van der Waals surface area contributed by atoms with E-state index in [0.717, 1.165) is 23.5 Å². The molecule has 0 spiro atoms. The Hall–Kier alpha value is -1.22. The summed E-state index contributed by atoms with van der Waals surface area (Å²) in [4.78, 5) is 0. The van der Waals surface area contributed by atoms with Crippen molar-refractivity contribution in [3.05, 3.63) is 23.3 Å². The standard InChI is InChI=1S/C13H21NO2/c1-9(5-6-14)11-7-12(15-3)10(2)13(8-11)16-4/h7-9H,5-6,14H2,1-4H3. The summed E-state index contributed by atoms with van der Waals surface area (Å²) in [5.74, 6) is 2.17. The Labute approximate surface area is 97.6 Å². The molecular formula is C13H21NO2. The van der Waals surface area contributed by atoms with E-state index in [4.69, 9.17) is 15.2 Å². The minimum atomic E-state index is 0.424. The van der Waals surface area contributed by atoms with Gasteiger partial charge in [-0.1, -0.05) is 6.92 Å². The second-order valence-corrected chi connectivity index (χ2v) is 4.03. The predicted molar refractivity (Wildman–Crippen MR) is 66.4 cm³/mol. The van der Waals surface area contributed by atoms with Crippen molar-refractivity contribution >= 4 is 0 Å². The van der Waals surface area contributed by atoms with Crippen LogP contribution < -0.4 is 15.2 Å². The van der Waals surface area contributed by atoms with Gasteiger partial charge in [0.2, 0.25) is 0 Å². The van der Waals surface area contributed by atoms with Crippen LogP contribution in [0.1, 0.15) is 30.4 Å². The van der Waals surface area contributed by atoms with Crippen LogP contribution in [0, 0.1) is 6.92 Å². The fraction of sp³-hybridized carbons (Fsp3) is 0.538. The van der Waals surface area contributed by atoms with Crippen LogP contribution >= 0.6 is 0 Å². The van der Waals surface area contributed by atoms with E-state index >= 15 is 0 Å². The van der Waals surface area contributed by atoms with Crippen molar-refractivity contribution < 1.29 is 9.47 Å². The molecule has 0 amide bonds. The second-order valence-electron chi connectivity index (χ2n) is 4.03. The molecule has 0 aliphatic carbocycles. The highest BCUT2D eigenvalue weighted by atomic mass is 16.5. The Kier molecular flexibility index (Phi) is 4.62. The summed E-state index contributed by atoms with van der Waals surface area (Å²) >= 11 is 0. The maximum atomic E-state index is 5.58. The molecule has 0 saturated heterocycles. The third-order valence-electron chi connectivity index (χ3n) is 2.94. The number of methoxy groups -OCH3 is 2. The average molecular weight is 223 g/mol. The summed E-state index contributed by atoms with van der Waals surface area (Å²) in [5.41, 5.74) is 7.82. The molecule has 90 valence electrons. The highest BCUT2D eigenvalue weighted by Crippen LogP contribution is 2.33. The van der Waals surface area contributed by atoms with Gasteiger partial charge >= 0.3 is 0 Å². The fourth-order valence-electron chi connectivity index (χ4n) is 1.81. The summed E-state index contributed by atoms with van der Waals surface area (Å²) in [7, 11) is 3.36. The lowest BCUT2D eigenvalue weighted by Crippen LogP contribution is -2.05. The molecule has 0 fully saturated rings. The average Bonchev–Trinajstić information content (AvgIpc) is 2.29. The first-order valence-electron chi connectivity index (χ1n) is 5.56. The van der Waals surface area contributed by atoms with E-state index in [0.29, 0.717) is 12.5 Å². The molecule has 1 unspecified atom stereocenters. The van der Waals surface area contributed by atoms with Gasteiger partial charge in [-0.25, -0.2) is 0 Å². The van der Waals surface area contributed by atoms with Gasteiger partial charge in [-0.2, -0.15) is 0 Å². The van der Waals surface area contributed by atoms with Crippen LogP contribution in [0.4, 0.5) is 0 Å². The first-order valence-corrected chi connectivity index (χ1v) is 5.56. The largest absolute Gasteiger partial charge is 0.496 e. The van der Waals surface area contributed by atoms with Crippen molar-refractivity contribution in [2.75, 3.05) is 20.8 Å². The molecule has 0 bridgehead atoms. The van der Waals surface area contributed by atoms with Crippen LogP contribution in [0.15, 0.2) is 12.1 Å². The summed E-state index contributed by atoms with van der Waals surface area (Å²) < 4.78 is 10.7. The molecule has 3 heteroatoms. The van der Waals surface area contributed by atoms with Crippen LogP contribution in [0.3, 0.4) is 0 Å². The Morgan fingerprint density at radius 2 is 1.69 bits per heavy atom. The maximum Gasteiger partial charge on any atom is 0.125 e. The van der Waals surface area contributed by atoms with Crippen LogP contribution in [-0.2, 0) is 0 Å². The number of hydrogen-bond acceptors (Lipinski definition) is 3. The Morgan fingerprint density at radius 3 is 2.06 bits per heavy atom. The minimum absolute atomic E-state index is 0.424. The number of hydrogen-bond donors (Lipinski definition) is 1. The van der Waals surface area contributed by atoms with Gasteiger partial charge < -0.3 is 15.2 Å². The predicted octanol–water partition coefficient (Wildman–Crippen LogP) is 2.46. The van der Waals surface area contributed by atoms with Gasteiger partial charge in [-0.05, 0) is 43.5 Å². The van der Waals surface area contributed by atoms with E-state index in [9.17, 15) is 0 Å². The molecule has 1 rings (SSSR count). The maximum absolute atomic E-state index is 5.58. The molecule has 0 aliphatic rings. The first kappa shape index (κ1) is 12.8. The SMILES string of the molecule is COc1cc(C(C)CCN)cc(OC)c1C. The van der Waals surface area contributed by atoms with Gasteiger partial charge in [-0.3, -0.25) is 0 Å². The summed E-state index contributed by atoms with van der Waals surface area (Å²) in [6, 6.07) is 4.14. The molecule has 2 N–H and O–H groups in total. The van der Waals surface area contributed by atoms with Gasteiger partial charge in [0.05, 0.1) is 14.2 Å². The molecule has 16 heavy (non-hydrogen) atoms. The fourth-order valence-corrected chi connectivity index (χ4v) is 1.81. The van der Waals surface area contributed by atoms with Crippen molar-refractivity contribution in [2.45, 2.75) is 26.2 Å². The lowest BCUT2D eigenvalue weighted by Gasteiger charge is -2.16. The van der Waals surface area contributed by atoms with Crippen molar-refractivity contribution in [3.63, 3.8) is 0 Å². The van der Waals surface area contributed by atoms with Crippen molar-refractivity contribution in [1.29, 1.82) is 0 Å². The highest BCUT2D eigenvalue weighted by molar-refractivity contribution is 5.48. The van der Waals surface area contributed by atoms with E-state index in [-0.39, 0.29) is 0 Å². The van der Waals surface area contributed by atoms with Gasteiger partial charge in [0.15, 0.2) is 0 Å². The second kappa shape index (κ2) is 5.75. The molecular weight excluding hydrogens is 202 g/mol. The number of nitrogens with two attached hydrogens (primary N) is 1. The summed E-state index contributed by atoms with van der Waals surface area (Å²) in [6.45, 7) is 4.85. The van der Waals surface area contributed by atoms with Gasteiger partial charge in [0, 0.05) is 5.56 Å². The molecule has 0 saturated carbocycles. The third-order valence-corrected chi connectivity index (χ3v) is 2.94.